The predicted molar refractivity (Wildman–Crippen MR) is 94.2 cm³/mol. The van der Waals surface area contributed by atoms with E-state index < -0.39 is 12.1 Å². The molecule has 0 bridgehead atoms. The maximum absolute atomic E-state index is 12.9. The minimum Gasteiger partial charge on any atom is -0.353 e. The SMILES string of the molecule is CCCC(NC(=O)NCc1ccc(F)cc1)C(=O)NCC(N)C1CC1. The fourth-order valence-corrected chi connectivity index (χ4v) is 2.58. The molecule has 1 aliphatic rings. The lowest BCUT2D eigenvalue weighted by atomic mass is 10.1. The predicted octanol–water partition coefficient (Wildman–Crippen LogP) is 1.65. The smallest absolute Gasteiger partial charge is 0.315 e. The van der Waals surface area contributed by atoms with Gasteiger partial charge in [0.05, 0.1) is 0 Å². The molecule has 0 saturated heterocycles. The third-order valence-corrected chi connectivity index (χ3v) is 4.30. The second-order valence-electron chi connectivity index (χ2n) is 6.54. The molecule has 0 radical (unpaired) electrons. The van der Waals surface area contributed by atoms with Crippen LogP contribution in [0.1, 0.15) is 38.2 Å². The van der Waals surface area contributed by atoms with Crippen LogP contribution in [-0.4, -0.2) is 30.6 Å². The van der Waals surface area contributed by atoms with Crippen LogP contribution < -0.4 is 21.7 Å². The van der Waals surface area contributed by atoms with Crippen LogP contribution in [0, 0.1) is 11.7 Å². The summed E-state index contributed by atoms with van der Waals surface area (Å²) in [5.41, 5.74) is 6.77. The summed E-state index contributed by atoms with van der Waals surface area (Å²) in [6.07, 6.45) is 3.57. The molecule has 0 heterocycles. The largest absolute Gasteiger partial charge is 0.353 e. The molecule has 2 unspecified atom stereocenters. The van der Waals surface area contributed by atoms with Gasteiger partial charge in [0.1, 0.15) is 11.9 Å². The van der Waals surface area contributed by atoms with Gasteiger partial charge in [-0.05, 0) is 42.9 Å². The molecule has 5 N–H and O–H groups in total. The third kappa shape index (κ3) is 6.70. The number of carbonyl (C=O) groups is 2. The number of halogens is 1. The van der Waals surface area contributed by atoms with Gasteiger partial charge in [-0.15, -0.1) is 0 Å². The topological polar surface area (TPSA) is 96.2 Å². The van der Waals surface area contributed by atoms with E-state index in [1.54, 1.807) is 12.1 Å². The number of urea groups is 1. The Balaban J connectivity index is 1.76. The van der Waals surface area contributed by atoms with Gasteiger partial charge in [-0.2, -0.15) is 0 Å². The van der Waals surface area contributed by atoms with Crippen LogP contribution in [0.2, 0.25) is 0 Å². The van der Waals surface area contributed by atoms with Gasteiger partial charge >= 0.3 is 6.03 Å². The number of hydrogen-bond acceptors (Lipinski definition) is 3. The number of amides is 3. The summed E-state index contributed by atoms with van der Waals surface area (Å²) in [5, 5.41) is 8.19. The van der Waals surface area contributed by atoms with E-state index in [2.05, 4.69) is 16.0 Å². The Hall–Kier alpha value is -2.15. The maximum Gasteiger partial charge on any atom is 0.315 e. The van der Waals surface area contributed by atoms with Gasteiger partial charge in [0.15, 0.2) is 0 Å². The van der Waals surface area contributed by atoms with Crippen molar-refractivity contribution in [3.8, 4) is 0 Å². The summed E-state index contributed by atoms with van der Waals surface area (Å²) in [5.74, 6) is -0.0240. The normalized spacial score (nSPS) is 16.0. The van der Waals surface area contributed by atoms with Gasteiger partial charge < -0.3 is 21.7 Å². The zero-order valence-electron chi connectivity index (χ0n) is 14.6. The molecule has 1 aromatic rings. The quantitative estimate of drug-likeness (QED) is 0.545. The number of carbonyl (C=O) groups excluding carboxylic acids is 2. The molecule has 2 rings (SSSR count). The Labute approximate surface area is 147 Å². The summed E-state index contributed by atoms with van der Waals surface area (Å²) in [6.45, 7) is 2.65. The highest BCUT2D eigenvalue weighted by Gasteiger charge is 2.29. The van der Waals surface area contributed by atoms with Gasteiger partial charge in [-0.3, -0.25) is 4.79 Å². The molecule has 7 heteroatoms. The van der Waals surface area contributed by atoms with E-state index >= 15 is 0 Å². The first-order valence-electron chi connectivity index (χ1n) is 8.81. The van der Waals surface area contributed by atoms with Crippen molar-refractivity contribution in [2.24, 2.45) is 11.7 Å². The zero-order valence-corrected chi connectivity index (χ0v) is 14.6. The summed E-state index contributed by atoms with van der Waals surface area (Å²) < 4.78 is 12.9. The van der Waals surface area contributed by atoms with Crippen LogP contribution in [0.3, 0.4) is 0 Å². The van der Waals surface area contributed by atoms with Crippen LogP contribution >= 0.6 is 0 Å². The Morgan fingerprint density at radius 3 is 2.52 bits per heavy atom. The summed E-state index contributed by atoms with van der Waals surface area (Å²) >= 11 is 0. The van der Waals surface area contributed by atoms with Crippen molar-refractivity contribution in [2.45, 2.75) is 51.2 Å². The Kier molecular flexibility index (Phi) is 7.18. The second-order valence-corrected chi connectivity index (χ2v) is 6.54. The van der Waals surface area contributed by atoms with E-state index in [9.17, 15) is 14.0 Å². The molecule has 25 heavy (non-hydrogen) atoms. The van der Waals surface area contributed by atoms with Crippen LogP contribution in [0.25, 0.3) is 0 Å². The second kappa shape index (κ2) is 9.36. The molecule has 0 aliphatic heterocycles. The molecule has 1 fully saturated rings. The Bertz CT molecular complexity index is 575. The molecule has 2 atom stereocenters. The van der Waals surface area contributed by atoms with Crippen molar-refractivity contribution >= 4 is 11.9 Å². The number of nitrogens with one attached hydrogen (secondary N) is 3. The molecule has 6 nitrogen and oxygen atoms in total. The van der Waals surface area contributed by atoms with E-state index in [1.165, 1.54) is 12.1 Å². The highest BCUT2D eigenvalue weighted by Crippen LogP contribution is 2.31. The first-order valence-corrected chi connectivity index (χ1v) is 8.81. The number of nitrogens with two attached hydrogens (primary N) is 1. The van der Waals surface area contributed by atoms with E-state index in [4.69, 9.17) is 5.73 Å². The van der Waals surface area contributed by atoms with Gasteiger partial charge in [0.2, 0.25) is 5.91 Å². The minimum absolute atomic E-state index is 0.0153. The lowest BCUT2D eigenvalue weighted by molar-refractivity contribution is -0.123. The molecular weight excluding hydrogens is 323 g/mol. The Morgan fingerprint density at radius 1 is 1.24 bits per heavy atom. The van der Waals surface area contributed by atoms with E-state index in [-0.39, 0.29) is 24.3 Å². The maximum atomic E-state index is 12.9. The highest BCUT2D eigenvalue weighted by atomic mass is 19.1. The molecule has 0 spiro atoms. The third-order valence-electron chi connectivity index (χ3n) is 4.30. The van der Waals surface area contributed by atoms with Crippen LogP contribution in [0.15, 0.2) is 24.3 Å². The minimum atomic E-state index is -0.593. The van der Waals surface area contributed by atoms with E-state index in [1.807, 2.05) is 6.92 Å². The van der Waals surface area contributed by atoms with Gasteiger partial charge in [0, 0.05) is 19.1 Å². The van der Waals surface area contributed by atoms with Crippen molar-refractivity contribution in [3.05, 3.63) is 35.6 Å². The van der Waals surface area contributed by atoms with Crippen molar-refractivity contribution < 1.29 is 14.0 Å². The van der Waals surface area contributed by atoms with Crippen LogP contribution in [0.4, 0.5) is 9.18 Å². The number of hydrogen-bond donors (Lipinski definition) is 4. The monoisotopic (exact) mass is 350 g/mol. The highest BCUT2D eigenvalue weighted by molar-refractivity contribution is 5.87. The first-order chi connectivity index (χ1) is 12.0. The van der Waals surface area contributed by atoms with E-state index in [0.29, 0.717) is 18.9 Å². The molecule has 1 aromatic carbocycles. The molecule has 1 saturated carbocycles. The lowest BCUT2D eigenvalue weighted by Gasteiger charge is -2.20. The number of rotatable bonds is 9. The zero-order chi connectivity index (χ0) is 18.2. The summed E-state index contributed by atoms with van der Waals surface area (Å²) in [6, 6.07) is 4.85. The van der Waals surface area contributed by atoms with Crippen molar-refractivity contribution in [1.29, 1.82) is 0 Å². The van der Waals surface area contributed by atoms with Crippen molar-refractivity contribution in [3.63, 3.8) is 0 Å². The molecule has 138 valence electrons. The molecule has 0 aromatic heterocycles. The fraction of sp³-hybridized carbons (Fsp3) is 0.556. The molecular formula is C18H27FN4O2. The molecule has 3 amide bonds. The van der Waals surface area contributed by atoms with Crippen LogP contribution in [-0.2, 0) is 11.3 Å². The average molecular weight is 350 g/mol. The van der Waals surface area contributed by atoms with Crippen molar-refractivity contribution in [2.75, 3.05) is 6.54 Å². The number of benzene rings is 1. The first kappa shape index (κ1) is 19.2. The van der Waals surface area contributed by atoms with Crippen LogP contribution in [0.5, 0.6) is 0 Å². The fourth-order valence-electron chi connectivity index (χ4n) is 2.58. The molecule has 1 aliphatic carbocycles. The lowest BCUT2D eigenvalue weighted by Crippen LogP contribution is -2.51. The van der Waals surface area contributed by atoms with Gasteiger partial charge in [0.25, 0.3) is 0 Å². The van der Waals surface area contributed by atoms with Gasteiger partial charge in [-0.25, -0.2) is 9.18 Å². The summed E-state index contributed by atoms with van der Waals surface area (Å²) in [7, 11) is 0. The Morgan fingerprint density at radius 2 is 1.92 bits per heavy atom. The average Bonchev–Trinajstić information content (AvgIpc) is 3.43. The standard InChI is InChI=1S/C18H27FN4O2/c1-2-3-16(17(24)21-11-15(20)13-6-7-13)23-18(25)22-10-12-4-8-14(19)9-5-12/h4-5,8-9,13,15-16H,2-3,6-7,10-11,20H2,1H3,(H,21,24)(H2,22,23,25). The van der Waals surface area contributed by atoms with E-state index in [0.717, 1.165) is 24.8 Å². The summed E-state index contributed by atoms with van der Waals surface area (Å²) in [4.78, 5) is 24.3. The van der Waals surface area contributed by atoms with Crippen molar-refractivity contribution in [1.82, 2.24) is 16.0 Å². The van der Waals surface area contributed by atoms with Gasteiger partial charge in [-0.1, -0.05) is 25.5 Å².